The smallest absolute Gasteiger partial charge is 0.330 e. The molecule has 0 amide bonds. The number of aryl methyl sites for hydroxylation is 1. The molecule has 0 spiro atoms. The van der Waals surface area contributed by atoms with Crippen LogP contribution in [0.2, 0.25) is 0 Å². The van der Waals surface area contributed by atoms with E-state index in [-0.39, 0.29) is 23.7 Å². The molecule has 1 heterocycles. The lowest BCUT2D eigenvalue weighted by Gasteiger charge is -2.07. The monoisotopic (exact) mass is 277 g/mol. The average Bonchev–Trinajstić information content (AvgIpc) is 2.40. The number of hydrogen-bond donors (Lipinski definition) is 1. The van der Waals surface area contributed by atoms with E-state index in [4.69, 9.17) is 15.2 Å². The van der Waals surface area contributed by atoms with Crippen LogP contribution in [0.4, 0.5) is 11.6 Å². The first-order valence-electron chi connectivity index (χ1n) is 5.48. The molecule has 0 fully saturated rings. The van der Waals surface area contributed by atoms with Crippen molar-refractivity contribution in [2.24, 2.45) is 0 Å². The average molecular weight is 277 g/mol. The zero-order valence-corrected chi connectivity index (χ0v) is 10.7. The van der Waals surface area contributed by atoms with Crippen molar-refractivity contribution < 1.29 is 14.4 Å². The van der Waals surface area contributed by atoms with Crippen LogP contribution in [-0.2, 0) is 0 Å². The Morgan fingerprint density at radius 3 is 2.55 bits per heavy atom. The number of anilines is 1. The van der Waals surface area contributed by atoms with Crippen molar-refractivity contribution >= 4 is 11.6 Å². The minimum atomic E-state index is -0.485. The fourth-order valence-corrected chi connectivity index (χ4v) is 1.45. The number of hydrogen-bond acceptors (Lipinski definition) is 8. The number of rotatable bonds is 4. The van der Waals surface area contributed by atoms with E-state index in [1.54, 1.807) is 6.92 Å². The standard InChI is InChI=1S/C11H11N5O4/c1-6-5-7(16(17)18)3-4-8(6)20-11-14-9(12)13-10(15-11)19-2/h3-5H,1-2H3,(H2,12,13,14,15). The lowest BCUT2D eigenvalue weighted by molar-refractivity contribution is -0.384. The number of nitrogens with zero attached hydrogens (tertiary/aromatic N) is 4. The van der Waals surface area contributed by atoms with Crippen LogP contribution in [-0.4, -0.2) is 27.0 Å². The Morgan fingerprint density at radius 1 is 1.25 bits per heavy atom. The van der Waals surface area contributed by atoms with Crippen LogP contribution in [0, 0.1) is 17.0 Å². The molecule has 9 heteroatoms. The van der Waals surface area contributed by atoms with Gasteiger partial charge in [-0.05, 0) is 18.6 Å². The number of benzene rings is 1. The van der Waals surface area contributed by atoms with Crippen molar-refractivity contribution in [3.05, 3.63) is 33.9 Å². The van der Waals surface area contributed by atoms with Crippen LogP contribution in [0.3, 0.4) is 0 Å². The van der Waals surface area contributed by atoms with E-state index in [1.807, 2.05) is 0 Å². The molecule has 1 aromatic heterocycles. The summed E-state index contributed by atoms with van der Waals surface area (Å²) in [5.74, 6) is 0.328. The van der Waals surface area contributed by atoms with Gasteiger partial charge in [-0.1, -0.05) is 0 Å². The van der Waals surface area contributed by atoms with Gasteiger partial charge >= 0.3 is 12.0 Å². The van der Waals surface area contributed by atoms with Crippen LogP contribution in [0.15, 0.2) is 18.2 Å². The predicted octanol–water partition coefficient (Wildman–Crippen LogP) is 1.47. The second-order valence-electron chi connectivity index (χ2n) is 3.77. The largest absolute Gasteiger partial charge is 0.467 e. The normalized spacial score (nSPS) is 10.1. The van der Waals surface area contributed by atoms with Gasteiger partial charge in [0.25, 0.3) is 5.69 Å². The molecule has 2 aromatic rings. The highest BCUT2D eigenvalue weighted by Crippen LogP contribution is 2.27. The van der Waals surface area contributed by atoms with Gasteiger partial charge in [-0.15, -0.1) is 4.98 Å². The summed E-state index contributed by atoms with van der Waals surface area (Å²) in [4.78, 5) is 21.5. The van der Waals surface area contributed by atoms with E-state index in [0.717, 1.165) is 0 Å². The number of nitrogen functional groups attached to an aromatic ring is 1. The Kier molecular flexibility index (Phi) is 3.60. The summed E-state index contributed by atoms with van der Waals surface area (Å²) in [6.07, 6.45) is 0. The first kappa shape index (κ1) is 13.5. The highest BCUT2D eigenvalue weighted by molar-refractivity contribution is 5.44. The first-order chi connectivity index (χ1) is 9.49. The Morgan fingerprint density at radius 2 is 1.95 bits per heavy atom. The zero-order valence-electron chi connectivity index (χ0n) is 10.7. The van der Waals surface area contributed by atoms with Crippen molar-refractivity contribution in [2.45, 2.75) is 6.92 Å². The minimum Gasteiger partial charge on any atom is -0.467 e. The Hall–Kier alpha value is -2.97. The molecule has 1 aromatic carbocycles. The van der Waals surface area contributed by atoms with Crippen molar-refractivity contribution in [1.29, 1.82) is 0 Å². The fourth-order valence-electron chi connectivity index (χ4n) is 1.45. The predicted molar refractivity (Wildman–Crippen MR) is 68.7 cm³/mol. The molecule has 0 aliphatic heterocycles. The molecule has 0 saturated carbocycles. The molecule has 0 unspecified atom stereocenters. The molecule has 104 valence electrons. The fraction of sp³-hybridized carbons (Fsp3) is 0.182. The third-order valence-corrected chi connectivity index (χ3v) is 2.36. The van der Waals surface area contributed by atoms with E-state index in [9.17, 15) is 10.1 Å². The van der Waals surface area contributed by atoms with E-state index in [2.05, 4.69) is 15.0 Å². The van der Waals surface area contributed by atoms with Crippen LogP contribution in [0.5, 0.6) is 17.8 Å². The lowest BCUT2D eigenvalue weighted by Crippen LogP contribution is -2.03. The van der Waals surface area contributed by atoms with Gasteiger partial charge in [0.05, 0.1) is 12.0 Å². The molecule has 20 heavy (non-hydrogen) atoms. The van der Waals surface area contributed by atoms with E-state index in [1.165, 1.54) is 25.3 Å². The SMILES string of the molecule is COc1nc(N)nc(Oc2ccc([N+](=O)[O-])cc2C)n1. The number of non-ortho nitro benzene ring substituents is 1. The van der Waals surface area contributed by atoms with Crippen LogP contribution in [0.25, 0.3) is 0 Å². The molecule has 0 atom stereocenters. The van der Waals surface area contributed by atoms with Gasteiger partial charge in [0.15, 0.2) is 0 Å². The van der Waals surface area contributed by atoms with E-state index >= 15 is 0 Å². The minimum absolute atomic E-state index is 0.0204. The molecule has 0 saturated heterocycles. The number of methoxy groups -OCH3 is 1. The van der Waals surface area contributed by atoms with Crippen molar-refractivity contribution in [3.63, 3.8) is 0 Å². The molecule has 2 N–H and O–H groups in total. The number of aromatic nitrogens is 3. The van der Waals surface area contributed by atoms with Gasteiger partial charge in [0.2, 0.25) is 5.95 Å². The molecule has 2 rings (SSSR count). The second kappa shape index (κ2) is 5.34. The summed E-state index contributed by atoms with van der Waals surface area (Å²) in [6.45, 7) is 1.67. The van der Waals surface area contributed by atoms with Gasteiger partial charge in [-0.2, -0.15) is 9.97 Å². The van der Waals surface area contributed by atoms with Gasteiger partial charge in [0, 0.05) is 12.1 Å². The van der Waals surface area contributed by atoms with Gasteiger partial charge in [0.1, 0.15) is 5.75 Å². The highest BCUT2D eigenvalue weighted by Gasteiger charge is 2.12. The summed E-state index contributed by atoms with van der Waals surface area (Å²) in [5.41, 5.74) is 6.02. The number of ether oxygens (including phenoxy) is 2. The van der Waals surface area contributed by atoms with Gasteiger partial charge < -0.3 is 15.2 Å². The molecule has 0 bridgehead atoms. The van der Waals surface area contributed by atoms with E-state index < -0.39 is 4.92 Å². The molecule has 0 aliphatic rings. The topological polar surface area (TPSA) is 126 Å². The summed E-state index contributed by atoms with van der Waals surface area (Å²) in [7, 11) is 1.38. The van der Waals surface area contributed by atoms with Crippen molar-refractivity contribution in [3.8, 4) is 17.8 Å². The molecule has 0 aliphatic carbocycles. The Labute approximate surface area is 113 Å². The maximum absolute atomic E-state index is 10.6. The van der Waals surface area contributed by atoms with Crippen molar-refractivity contribution in [1.82, 2.24) is 15.0 Å². The van der Waals surface area contributed by atoms with Crippen LogP contribution in [0.1, 0.15) is 5.56 Å². The van der Waals surface area contributed by atoms with E-state index in [0.29, 0.717) is 11.3 Å². The first-order valence-corrected chi connectivity index (χ1v) is 5.48. The third kappa shape index (κ3) is 2.88. The zero-order chi connectivity index (χ0) is 14.7. The Bertz CT molecular complexity index is 661. The summed E-state index contributed by atoms with van der Waals surface area (Å²) in [5, 5.41) is 10.6. The van der Waals surface area contributed by atoms with Crippen LogP contribution >= 0.6 is 0 Å². The molecule has 9 nitrogen and oxygen atoms in total. The van der Waals surface area contributed by atoms with Crippen molar-refractivity contribution in [2.75, 3.05) is 12.8 Å². The third-order valence-electron chi connectivity index (χ3n) is 2.36. The number of nitro benzene ring substituents is 1. The Balaban J connectivity index is 2.30. The number of nitrogens with two attached hydrogens (primary N) is 1. The summed E-state index contributed by atoms with van der Waals surface area (Å²) >= 11 is 0. The second-order valence-corrected chi connectivity index (χ2v) is 3.77. The van der Waals surface area contributed by atoms with Crippen LogP contribution < -0.4 is 15.2 Å². The van der Waals surface area contributed by atoms with Gasteiger partial charge in [-0.3, -0.25) is 10.1 Å². The summed E-state index contributed by atoms with van der Waals surface area (Å²) < 4.78 is 10.3. The summed E-state index contributed by atoms with van der Waals surface area (Å²) in [6, 6.07) is 4.14. The highest BCUT2D eigenvalue weighted by atomic mass is 16.6. The molecular weight excluding hydrogens is 266 g/mol. The maximum Gasteiger partial charge on any atom is 0.330 e. The quantitative estimate of drug-likeness (QED) is 0.657. The van der Waals surface area contributed by atoms with Gasteiger partial charge in [-0.25, -0.2) is 0 Å². The molecule has 0 radical (unpaired) electrons. The molecular formula is C11H11N5O4. The maximum atomic E-state index is 10.6. The lowest BCUT2D eigenvalue weighted by atomic mass is 10.2. The number of nitro groups is 1.